The number of hydrogen-bond acceptors (Lipinski definition) is 7. The van der Waals surface area contributed by atoms with Crippen LogP contribution < -0.4 is 4.90 Å². The Balaban J connectivity index is 1.67. The maximum absolute atomic E-state index is 13.8. The fourth-order valence-corrected chi connectivity index (χ4v) is 6.90. The smallest absolute Gasteiger partial charge is 0.260 e. The second-order valence-corrected chi connectivity index (χ2v) is 12.3. The van der Waals surface area contributed by atoms with Gasteiger partial charge in [0.15, 0.2) is 5.13 Å². The number of benzene rings is 2. The van der Waals surface area contributed by atoms with E-state index >= 15 is 0 Å². The zero-order valence-corrected chi connectivity index (χ0v) is 23.6. The first-order valence-electron chi connectivity index (χ1n) is 12.1. The number of anilines is 1. The van der Waals surface area contributed by atoms with Gasteiger partial charge in [-0.15, -0.1) is 11.8 Å². The van der Waals surface area contributed by atoms with Gasteiger partial charge in [0, 0.05) is 35.9 Å². The van der Waals surface area contributed by atoms with E-state index in [9.17, 15) is 13.2 Å². The van der Waals surface area contributed by atoms with Gasteiger partial charge in [-0.25, -0.2) is 13.4 Å². The van der Waals surface area contributed by atoms with E-state index in [4.69, 9.17) is 4.98 Å². The average molecular weight is 555 g/mol. The SMILES string of the molecule is CCCCN(CC)S(=O)(=O)c1ccc(C(=O)N(Cc2cccnc2)c2nc3ccc(SC)cc3s2)cc1. The molecule has 0 radical (unpaired) electrons. The van der Waals surface area contributed by atoms with Crippen LogP contribution in [0.4, 0.5) is 5.13 Å². The average Bonchev–Trinajstić information content (AvgIpc) is 3.35. The van der Waals surface area contributed by atoms with Gasteiger partial charge in [-0.3, -0.25) is 14.7 Å². The molecule has 1 amide bonds. The van der Waals surface area contributed by atoms with Crippen LogP contribution in [0.5, 0.6) is 0 Å². The first-order valence-corrected chi connectivity index (χ1v) is 15.6. The lowest BCUT2D eigenvalue weighted by Gasteiger charge is -2.21. The van der Waals surface area contributed by atoms with Crippen LogP contribution in [-0.2, 0) is 16.6 Å². The molecule has 0 saturated carbocycles. The van der Waals surface area contributed by atoms with E-state index in [1.807, 2.05) is 44.4 Å². The van der Waals surface area contributed by atoms with Crippen molar-refractivity contribution >= 4 is 54.4 Å². The summed E-state index contributed by atoms with van der Waals surface area (Å²) in [7, 11) is -3.62. The first-order chi connectivity index (χ1) is 17.9. The van der Waals surface area contributed by atoms with Gasteiger partial charge in [0.25, 0.3) is 5.91 Å². The fraction of sp³-hybridized carbons (Fsp3) is 0.296. The minimum absolute atomic E-state index is 0.186. The van der Waals surface area contributed by atoms with Gasteiger partial charge in [0.1, 0.15) is 0 Å². The van der Waals surface area contributed by atoms with Crippen molar-refractivity contribution in [1.82, 2.24) is 14.3 Å². The third-order valence-electron chi connectivity index (χ3n) is 5.98. The number of sulfonamides is 1. The summed E-state index contributed by atoms with van der Waals surface area (Å²) in [6.07, 6.45) is 7.15. The van der Waals surface area contributed by atoms with Crippen molar-refractivity contribution in [2.45, 2.75) is 43.0 Å². The van der Waals surface area contributed by atoms with Gasteiger partial charge < -0.3 is 0 Å². The van der Waals surface area contributed by atoms with Crippen LogP contribution in [0.3, 0.4) is 0 Å². The first kappa shape index (κ1) is 27.3. The number of thiazole rings is 1. The molecule has 0 spiro atoms. The number of amides is 1. The maximum atomic E-state index is 13.8. The quantitative estimate of drug-likeness (QED) is 0.209. The second-order valence-electron chi connectivity index (χ2n) is 8.46. The summed E-state index contributed by atoms with van der Waals surface area (Å²) in [6, 6.07) is 16.0. The predicted octanol–water partition coefficient (Wildman–Crippen LogP) is 6.07. The molecule has 37 heavy (non-hydrogen) atoms. The number of fused-ring (bicyclic) bond motifs is 1. The minimum atomic E-state index is -3.62. The summed E-state index contributed by atoms with van der Waals surface area (Å²) in [5.41, 5.74) is 2.09. The molecule has 0 bridgehead atoms. The summed E-state index contributed by atoms with van der Waals surface area (Å²) in [6.45, 7) is 5.04. The van der Waals surface area contributed by atoms with E-state index in [1.165, 1.54) is 27.8 Å². The van der Waals surface area contributed by atoms with E-state index in [0.29, 0.717) is 30.3 Å². The molecule has 4 aromatic rings. The zero-order chi connectivity index (χ0) is 26.4. The molecule has 2 aromatic heterocycles. The minimum Gasteiger partial charge on any atom is -0.279 e. The molecule has 10 heteroatoms. The summed E-state index contributed by atoms with van der Waals surface area (Å²) in [5, 5.41) is 0.579. The lowest BCUT2D eigenvalue weighted by atomic mass is 10.2. The van der Waals surface area contributed by atoms with Crippen molar-refractivity contribution in [2.75, 3.05) is 24.2 Å². The summed E-state index contributed by atoms with van der Waals surface area (Å²) in [5.74, 6) is -0.254. The Labute approximate surface area is 226 Å². The topological polar surface area (TPSA) is 83.5 Å². The normalized spacial score (nSPS) is 11.8. The Kier molecular flexibility index (Phi) is 8.96. The molecule has 194 valence electrons. The van der Waals surface area contributed by atoms with Crippen molar-refractivity contribution in [3.8, 4) is 0 Å². The Morgan fingerprint density at radius 3 is 2.51 bits per heavy atom. The molecule has 0 fully saturated rings. The standard InChI is InChI=1S/C27H30N4O3S3/c1-4-6-16-30(5-2)37(33,34)23-12-9-21(10-13-23)26(32)31(19-20-8-7-15-28-18-20)27-29-24-14-11-22(35-3)17-25(24)36-27/h7-15,17-18H,4-6,16,19H2,1-3H3. The number of carbonyl (C=O) groups is 1. The molecule has 0 atom stereocenters. The van der Waals surface area contributed by atoms with Gasteiger partial charge in [-0.05, 0) is 66.8 Å². The van der Waals surface area contributed by atoms with E-state index in [0.717, 1.165) is 33.5 Å². The van der Waals surface area contributed by atoms with Crippen molar-refractivity contribution in [3.05, 3.63) is 78.1 Å². The largest absolute Gasteiger partial charge is 0.279 e. The van der Waals surface area contributed by atoms with E-state index in [-0.39, 0.29) is 10.8 Å². The molecule has 4 rings (SSSR count). The lowest BCUT2D eigenvalue weighted by molar-refractivity contribution is 0.0985. The Hall–Kier alpha value is -2.79. The van der Waals surface area contributed by atoms with Gasteiger partial charge >= 0.3 is 0 Å². The number of unbranched alkanes of at least 4 members (excludes halogenated alkanes) is 1. The molecule has 2 aromatic carbocycles. The zero-order valence-electron chi connectivity index (χ0n) is 21.1. The number of hydrogen-bond donors (Lipinski definition) is 0. The molecule has 7 nitrogen and oxygen atoms in total. The molecule has 0 aliphatic heterocycles. The monoisotopic (exact) mass is 554 g/mol. The number of aromatic nitrogens is 2. The van der Waals surface area contributed by atoms with Gasteiger partial charge in [-0.1, -0.05) is 37.7 Å². The molecule has 0 unspecified atom stereocenters. The second kappa shape index (κ2) is 12.2. The molecule has 0 N–H and O–H groups in total. The molecule has 0 aliphatic rings. The number of nitrogens with zero attached hydrogens (tertiary/aromatic N) is 4. The molecule has 2 heterocycles. The Morgan fingerprint density at radius 1 is 1.08 bits per heavy atom. The third-order valence-corrected chi connectivity index (χ3v) is 9.73. The highest BCUT2D eigenvalue weighted by Crippen LogP contribution is 2.33. The maximum Gasteiger partial charge on any atom is 0.260 e. The summed E-state index contributed by atoms with van der Waals surface area (Å²) < 4.78 is 28.7. The third kappa shape index (κ3) is 6.20. The molecule has 0 aliphatic carbocycles. The van der Waals surface area contributed by atoms with E-state index in [2.05, 4.69) is 11.1 Å². The van der Waals surface area contributed by atoms with Crippen molar-refractivity contribution in [3.63, 3.8) is 0 Å². The number of rotatable bonds is 11. The molecular formula is C27H30N4O3S3. The highest BCUT2D eigenvalue weighted by molar-refractivity contribution is 7.98. The fourth-order valence-electron chi connectivity index (χ4n) is 3.89. The van der Waals surface area contributed by atoms with Crippen LogP contribution in [0.25, 0.3) is 10.2 Å². The highest BCUT2D eigenvalue weighted by Gasteiger charge is 2.25. The summed E-state index contributed by atoms with van der Waals surface area (Å²) >= 11 is 3.11. The Morgan fingerprint density at radius 2 is 1.86 bits per heavy atom. The summed E-state index contributed by atoms with van der Waals surface area (Å²) in [4.78, 5) is 25.6. The van der Waals surface area contributed by atoms with Crippen LogP contribution in [0.2, 0.25) is 0 Å². The van der Waals surface area contributed by atoms with Crippen LogP contribution >= 0.6 is 23.1 Å². The van der Waals surface area contributed by atoms with E-state index in [1.54, 1.807) is 41.2 Å². The molecule has 0 saturated heterocycles. The van der Waals surface area contributed by atoms with Gasteiger partial charge in [-0.2, -0.15) is 4.31 Å². The number of thioether (sulfide) groups is 1. The molecular weight excluding hydrogens is 525 g/mol. The van der Waals surface area contributed by atoms with Crippen molar-refractivity contribution in [2.24, 2.45) is 0 Å². The van der Waals surface area contributed by atoms with Crippen molar-refractivity contribution < 1.29 is 13.2 Å². The van der Waals surface area contributed by atoms with Gasteiger partial charge in [0.2, 0.25) is 10.0 Å². The van der Waals surface area contributed by atoms with Crippen molar-refractivity contribution in [1.29, 1.82) is 0 Å². The number of pyridine rings is 1. The van der Waals surface area contributed by atoms with Crippen LogP contribution in [0.15, 0.2) is 76.8 Å². The van der Waals surface area contributed by atoms with E-state index < -0.39 is 10.0 Å². The predicted molar refractivity (Wildman–Crippen MR) is 152 cm³/mol. The number of carbonyl (C=O) groups excluding carboxylic acids is 1. The van der Waals surface area contributed by atoms with Gasteiger partial charge in [0.05, 0.1) is 21.7 Å². The van der Waals surface area contributed by atoms with Crippen LogP contribution in [0, 0.1) is 0 Å². The Bertz CT molecular complexity index is 1460. The van der Waals surface area contributed by atoms with Crippen LogP contribution in [-0.4, -0.2) is 47.9 Å². The van der Waals surface area contributed by atoms with Crippen LogP contribution in [0.1, 0.15) is 42.6 Å². The highest BCUT2D eigenvalue weighted by atomic mass is 32.2. The lowest BCUT2D eigenvalue weighted by Crippen LogP contribution is -2.32.